The van der Waals surface area contributed by atoms with Crippen molar-refractivity contribution >= 4 is 72.8 Å². The molecule has 43 heavy (non-hydrogen) atoms. The minimum absolute atomic E-state index is 0.00291. The van der Waals surface area contributed by atoms with Gasteiger partial charge in [-0.1, -0.05) is 83.4 Å². The smallest absolute Gasteiger partial charge is 0.329 e. The zero-order chi connectivity index (χ0) is 28.8. The van der Waals surface area contributed by atoms with Crippen molar-refractivity contribution in [3.63, 3.8) is 0 Å². The second-order valence-corrected chi connectivity index (χ2v) is 12.2. The van der Waals surface area contributed by atoms with E-state index in [4.69, 9.17) is 0 Å². The van der Waals surface area contributed by atoms with E-state index < -0.39 is 0 Å². The van der Waals surface area contributed by atoms with Crippen molar-refractivity contribution in [2.24, 2.45) is 0 Å². The van der Waals surface area contributed by atoms with E-state index in [1.54, 1.807) is 0 Å². The molecule has 0 radical (unpaired) electrons. The van der Waals surface area contributed by atoms with Crippen LogP contribution < -0.4 is 15.7 Å². The summed E-state index contributed by atoms with van der Waals surface area (Å²) in [4.78, 5) is 10.0. The number of H-pyrrole nitrogens is 2. The van der Waals surface area contributed by atoms with Gasteiger partial charge in [-0.05, 0) is 85.8 Å². The van der Waals surface area contributed by atoms with Crippen LogP contribution in [0.1, 0.15) is 16.7 Å². The summed E-state index contributed by atoms with van der Waals surface area (Å²) < 4.78 is 0. The number of para-hydroxylation sites is 3. The molecule has 0 atom stereocenters. The van der Waals surface area contributed by atoms with Crippen molar-refractivity contribution in [2.45, 2.75) is 20.8 Å². The Morgan fingerprint density at radius 3 is 1.72 bits per heavy atom. The number of anilines is 2. The Morgan fingerprint density at radius 1 is 0.512 bits per heavy atom. The third-order valence-electron chi connectivity index (χ3n) is 9.45. The standard InChI is InChI=1S/C39H30BN3/c1-23-17-24(2)39(25(3)18-23)40-33-21-36-30(27-13-7-9-15-34(27)41-36)19-29(33)32-20-31-28-14-8-10-16-35(28)42-37(31)22-38(32)43(40)26-11-5-4-6-12-26/h4-22,41-42H,1-3H3. The molecular weight excluding hydrogens is 521 g/mol. The zero-order valence-corrected chi connectivity index (χ0v) is 24.5. The molecule has 9 rings (SSSR count). The molecule has 3 heterocycles. The third kappa shape index (κ3) is 3.50. The van der Waals surface area contributed by atoms with E-state index in [-0.39, 0.29) is 6.85 Å². The summed E-state index contributed by atoms with van der Waals surface area (Å²) >= 11 is 0. The number of aromatic amines is 2. The van der Waals surface area contributed by atoms with Crippen LogP contribution in [0.2, 0.25) is 0 Å². The van der Waals surface area contributed by atoms with Crippen molar-refractivity contribution in [1.82, 2.24) is 9.97 Å². The molecule has 0 amide bonds. The van der Waals surface area contributed by atoms with Gasteiger partial charge in [-0.3, -0.25) is 0 Å². The van der Waals surface area contributed by atoms with Gasteiger partial charge >= 0.3 is 6.85 Å². The summed E-state index contributed by atoms with van der Waals surface area (Å²) in [5.41, 5.74) is 16.3. The quantitative estimate of drug-likeness (QED) is 0.207. The molecule has 3 nitrogen and oxygen atoms in total. The van der Waals surface area contributed by atoms with Gasteiger partial charge in [-0.15, -0.1) is 0 Å². The van der Waals surface area contributed by atoms with Crippen LogP contribution in [-0.2, 0) is 0 Å². The van der Waals surface area contributed by atoms with Gasteiger partial charge in [0.1, 0.15) is 0 Å². The van der Waals surface area contributed by atoms with Gasteiger partial charge in [0.25, 0.3) is 0 Å². The van der Waals surface area contributed by atoms with E-state index >= 15 is 0 Å². The predicted molar refractivity (Wildman–Crippen MR) is 185 cm³/mol. The molecule has 1 aliphatic heterocycles. The predicted octanol–water partition coefficient (Wildman–Crippen LogP) is 8.81. The van der Waals surface area contributed by atoms with E-state index in [9.17, 15) is 0 Å². The molecule has 6 aromatic carbocycles. The lowest BCUT2D eigenvalue weighted by Crippen LogP contribution is -2.59. The molecule has 0 saturated carbocycles. The van der Waals surface area contributed by atoms with E-state index in [1.165, 1.54) is 88.2 Å². The minimum atomic E-state index is 0.00291. The summed E-state index contributed by atoms with van der Waals surface area (Å²) in [5, 5.41) is 5.05. The highest BCUT2D eigenvalue weighted by Gasteiger charge is 2.39. The van der Waals surface area contributed by atoms with Gasteiger partial charge in [0, 0.05) is 60.5 Å². The lowest BCUT2D eigenvalue weighted by atomic mass is 9.44. The fourth-order valence-corrected chi connectivity index (χ4v) is 7.74. The molecular formula is C39H30BN3. The molecule has 0 fully saturated rings. The second-order valence-electron chi connectivity index (χ2n) is 12.2. The molecule has 0 saturated heterocycles. The van der Waals surface area contributed by atoms with Gasteiger partial charge in [-0.2, -0.15) is 0 Å². The van der Waals surface area contributed by atoms with E-state index in [0.717, 1.165) is 5.52 Å². The molecule has 0 bridgehead atoms. The fraction of sp³-hybridized carbons (Fsp3) is 0.0769. The summed E-state index contributed by atoms with van der Waals surface area (Å²) in [6, 6.07) is 42.5. The Labute approximate surface area is 250 Å². The Morgan fingerprint density at radius 2 is 1.07 bits per heavy atom. The van der Waals surface area contributed by atoms with Crippen LogP contribution in [0.5, 0.6) is 0 Å². The van der Waals surface area contributed by atoms with Crippen LogP contribution in [0.4, 0.5) is 11.4 Å². The third-order valence-corrected chi connectivity index (χ3v) is 9.45. The number of aromatic nitrogens is 2. The normalized spacial score (nSPS) is 12.9. The highest BCUT2D eigenvalue weighted by atomic mass is 15.1. The summed E-state index contributed by atoms with van der Waals surface area (Å²) in [7, 11) is 0. The van der Waals surface area contributed by atoms with Crippen molar-refractivity contribution in [3.05, 3.63) is 132 Å². The maximum Gasteiger partial charge on any atom is 0.329 e. The fourth-order valence-electron chi connectivity index (χ4n) is 7.74. The van der Waals surface area contributed by atoms with E-state index in [0.29, 0.717) is 0 Å². The molecule has 0 unspecified atom stereocenters. The zero-order valence-electron chi connectivity index (χ0n) is 24.5. The van der Waals surface area contributed by atoms with Gasteiger partial charge in [0.05, 0.1) is 0 Å². The van der Waals surface area contributed by atoms with Crippen LogP contribution in [0, 0.1) is 20.8 Å². The number of hydrogen-bond acceptors (Lipinski definition) is 1. The first kappa shape index (κ1) is 24.4. The Kier molecular flexibility index (Phi) is 5.04. The topological polar surface area (TPSA) is 34.8 Å². The van der Waals surface area contributed by atoms with Crippen molar-refractivity contribution < 1.29 is 0 Å². The summed E-state index contributed by atoms with van der Waals surface area (Å²) in [5.74, 6) is 0. The second kappa shape index (κ2) is 8.89. The maximum absolute atomic E-state index is 3.74. The average molecular weight is 552 g/mol. The van der Waals surface area contributed by atoms with Gasteiger partial charge in [0.15, 0.2) is 0 Å². The Bertz CT molecular complexity index is 2370. The molecule has 0 aliphatic carbocycles. The largest absolute Gasteiger partial charge is 0.376 e. The number of nitrogens with zero attached hydrogens (tertiary/aromatic N) is 1. The Balaban J connectivity index is 1.46. The number of hydrogen-bond donors (Lipinski definition) is 2. The molecule has 1 aliphatic rings. The minimum Gasteiger partial charge on any atom is -0.376 e. The van der Waals surface area contributed by atoms with Crippen molar-refractivity contribution in [1.29, 1.82) is 0 Å². The lowest BCUT2D eigenvalue weighted by Gasteiger charge is -2.40. The highest BCUT2D eigenvalue weighted by molar-refractivity contribution is 6.91. The van der Waals surface area contributed by atoms with Crippen LogP contribution in [0.3, 0.4) is 0 Å². The number of rotatable bonds is 2. The van der Waals surface area contributed by atoms with Crippen molar-refractivity contribution in [2.75, 3.05) is 4.81 Å². The van der Waals surface area contributed by atoms with Gasteiger partial charge in [-0.25, -0.2) is 0 Å². The monoisotopic (exact) mass is 551 g/mol. The first-order valence-electron chi connectivity index (χ1n) is 15.1. The highest BCUT2D eigenvalue weighted by Crippen LogP contribution is 2.44. The number of aryl methyl sites for hydroxylation is 3. The molecule has 2 aromatic heterocycles. The maximum atomic E-state index is 3.74. The van der Waals surface area contributed by atoms with Crippen LogP contribution in [0.25, 0.3) is 54.7 Å². The number of fused-ring (bicyclic) bond motifs is 9. The molecule has 8 aromatic rings. The summed E-state index contributed by atoms with van der Waals surface area (Å²) in [6.07, 6.45) is 0. The van der Waals surface area contributed by atoms with Crippen LogP contribution >= 0.6 is 0 Å². The average Bonchev–Trinajstić information content (AvgIpc) is 3.56. The van der Waals surface area contributed by atoms with Gasteiger partial charge in [0.2, 0.25) is 0 Å². The van der Waals surface area contributed by atoms with Crippen LogP contribution in [0.15, 0.2) is 115 Å². The van der Waals surface area contributed by atoms with Crippen molar-refractivity contribution in [3.8, 4) is 11.1 Å². The first-order valence-corrected chi connectivity index (χ1v) is 15.1. The van der Waals surface area contributed by atoms with Crippen LogP contribution in [-0.4, -0.2) is 16.8 Å². The number of nitrogens with one attached hydrogen (secondary N) is 2. The van der Waals surface area contributed by atoms with Gasteiger partial charge < -0.3 is 14.8 Å². The lowest BCUT2D eigenvalue weighted by molar-refractivity contribution is 1.32. The number of benzene rings is 6. The van der Waals surface area contributed by atoms with E-state index in [1.807, 2.05) is 0 Å². The van der Waals surface area contributed by atoms with E-state index in [2.05, 4.69) is 151 Å². The summed E-state index contributed by atoms with van der Waals surface area (Å²) in [6.45, 7) is 6.75. The SMILES string of the molecule is Cc1cc(C)c(B2c3cc4[nH]c5ccccc5c4cc3-c3cc4c(cc3N2c2ccccc2)[nH]c2ccccc24)c(C)c1. The first-order chi connectivity index (χ1) is 21.0. The molecule has 4 heteroatoms. The molecule has 204 valence electrons. The Hall–Kier alpha value is -5.22. The molecule has 2 N–H and O–H groups in total. The molecule has 0 spiro atoms.